The van der Waals surface area contributed by atoms with Gasteiger partial charge in [0.25, 0.3) is 5.91 Å². The van der Waals surface area contributed by atoms with Crippen LogP contribution in [0.5, 0.6) is 5.75 Å². The zero-order valence-electron chi connectivity index (χ0n) is 18.7. The molecular formula is C27H25N3O4. The molecule has 0 radical (unpaired) electrons. The average molecular weight is 456 g/mol. The Kier molecular flexibility index (Phi) is 7.35. The summed E-state index contributed by atoms with van der Waals surface area (Å²) in [6, 6.07) is 27.1. The van der Waals surface area contributed by atoms with Crippen molar-refractivity contribution in [3.8, 4) is 17.1 Å². The summed E-state index contributed by atoms with van der Waals surface area (Å²) in [5.74, 6) is 0.395. The van der Waals surface area contributed by atoms with Crippen molar-refractivity contribution in [2.24, 2.45) is 0 Å². The van der Waals surface area contributed by atoms with Gasteiger partial charge in [0.1, 0.15) is 11.8 Å². The summed E-state index contributed by atoms with van der Waals surface area (Å²) < 4.78 is 10.5. The largest absolute Gasteiger partial charge is 0.497 e. The van der Waals surface area contributed by atoms with Gasteiger partial charge in [-0.3, -0.25) is 9.59 Å². The van der Waals surface area contributed by atoms with E-state index >= 15 is 0 Å². The van der Waals surface area contributed by atoms with E-state index in [-0.39, 0.29) is 11.6 Å². The van der Waals surface area contributed by atoms with E-state index < -0.39 is 11.9 Å². The van der Waals surface area contributed by atoms with Crippen molar-refractivity contribution < 1.29 is 18.8 Å². The van der Waals surface area contributed by atoms with E-state index in [4.69, 9.17) is 9.26 Å². The summed E-state index contributed by atoms with van der Waals surface area (Å²) in [6.45, 7) is 0.367. The molecule has 0 bridgehead atoms. The molecule has 4 aromatic rings. The minimum atomic E-state index is -0.778. The van der Waals surface area contributed by atoms with Crippen LogP contribution in [0.15, 0.2) is 95.5 Å². The molecule has 0 unspecified atom stereocenters. The minimum Gasteiger partial charge on any atom is -0.497 e. The van der Waals surface area contributed by atoms with Gasteiger partial charge in [-0.15, -0.1) is 0 Å². The van der Waals surface area contributed by atoms with E-state index in [0.717, 1.165) is 16.7 Å². The second kappa shape index (κ2) is 11.0. The maximum atomic E-state index is 13.0. The third-order valence-electron chi connectivity index (χ3n) is 5.33. The van der Waals surface area contributed by atoms with Crippen molar-refractivity contribution in [2.75, 3.05) is 7.11 Å². The minimum absolute atomic E-state index is 0.0970. The number of rotatable bonds is 9. The smallest absolute Gasteiger partial charge is 0.274 e. The summed E-state index contributed by atoms with van der Waals surface area (Å²) >= 11 is 0. The third kappa shape index (κ3) is 5.89. The Hall–Kier alpha value is -4.39. The zero-order valence-corrected chi connectivity index (χ0v) is 18.7. The maximum Gasteiger partial charge on any atom is 0.274 e. The molecule has 4 rings (SSSR count). The van der Waals surface area contributed by atoms with Crippen molar-refractivity contribution in [2.45, 2.75) is 19.0 Å². The van der Waals surface area contributed by atoms with Crippen molar-refractivity contribution in [3.05, 3.63) is 108 Å². The molecule has 7 heteroatoms. The number of methoxy groups -OCH3 is 1. The fraction of sp³-hybridized carbons (Fsp3) is 0.148. The first-order valence-electron chi connectivity index (χ1n) is 10.9. The van der Waals surface area contributed by atoms with Crippen molar-refractivity contribution in [1.29, 1.82) is 0 Å². The Labute approximate surface area is 197 Å². The molecule has 172 valence electrons. The van der Waals surface area contributed by atoms with Gasteiger partial charge in [-0.1, -0.05) is 65.8 Å². The molecule has 0 aliphatic carbocycles. The Morgan fingerprint density at radius 3 is 2.21 bits per heavy atom. The Bertz CT molecular complexity index is 1220. The molecule has 7 nitrogen and oxygen atoms in total. The molecule has 1 atom stereocenters. The van der Waals surface area contributed by atoms with Crippen LogP contribution >= 0.6 is 0 Å². The summed E-state index contributed by atoms with van der Waals surface area (Å²) in [5, 5.41) is 9.61. The van der Waals surface area contributed by atoms with Gasteiger partial charge < -0.3 is 19.9 Å². The summed E-state index contributed by atoms with van der Waals surface area (Å²) in [6.07, 6.45) is 0.344. The van der Waals surface area contributed by atoms with E-state index in [1.807, 2.05) is 72.8 Å². The molecule has 1 heterocycles. The lowest BCUT2D eigenvalue weighted by atomic mass is 10.0. The van der Waals surface area contributed by atoms with Crippen molar-refractivity contribution in [1.82, 2.24) is 15.8 Å². The molecule has 3 aromatic carbocycles. The van der Waals surface area contributed by atoms with Crippen LogP contribution < -0.4 is 15.4 Å². The number of carbonyl (C=O) groups is 2. The normalized spacial score (nSPS) is 11.4. The van der Waals surface area contributed by atoms with Crippen LogP contribution in [-0.2, 0) is 17.8 Å². The first-order valence-corrected chi connectivity index (χ1v) is 10.9. The molecule has 0 aliphatic heterocycles. The first-order chi connectivity index (χ1) is 16.6. The molecule has 0 aliphatic rings. The van der Waals surface area contributed by atoms with Crippen LogP contribution in [0.3, 0.4) is 0 Å². The van der Waals surface area contributed by atoms with Crippen LogP contribution in [0.1, 0.15) is 21.6 Å². The number of nitrogens with zero attached hydrogens (tertiary/aromatic N) is 1. The topological polar surface area (TPSA) is 93.5 Å². The van der Waals surface area contributed by atoms with Gasteiger partial charge in [-0.05, 0) is 35.4 Å². The summed E-state index contributed by atoms with van der Waals surface area (Å²) in [4.78, 5) is 25.9. The highest BCUT2D eigenvalue weighted by Crippen LogP contribution is 2.23. The fourth-order valence-corrected chi connectivity index (χ4v) is 3.47. The highest BCUT2D eigenvalue weighted by molar-refractivity contribution is 5.96. The maximum absolute atomic E-state index is 13.0. The lowest BCUT2D eigenvalue weighted by Crippen LogP contribution is -2.47. The lowest BCUT2D eigenvalue weighted by Gasteiger charge is -2.18. The van der Waals surface area contributed by atoms with E-state index in [0.29, 0.717) is 24.5 Å². The summed E-state index contributed by atoms with van der Waals surface area (Å²) in [7, 11) is 1.59. The van der Waals surface area contributed by atoms with Crippen molar-refractivity contribution >= 4 is 11.8 Å². The number of ether oxygens (including phenoxy) is 1. The highest BCUT2D eigenvalue weighted by atomic mass is 16.5. The molecule has 0 saturated carbocycles. The molecule has 0 fully saturated rings. The van der Waals surface area contributed by atoms with Crippen LogP contribution in [-0.4, -0.2) is 30.1 Å². The average Bonchev–Trinajstić information content (AvgIpc) is 3.39. The molecule has 1 aromatic heterocycles. The van der Waals surface area contributed by atoms with E-state index in [1.165, 1.54) is 0 Å². The van der Waals surface area contributed by atoms with Gasteiger partial charge in [0, 0.05) is 24.6 Å². The highest BCUT2D eigenvalue weighted by Gasteiger charge is 2.24. The molecule has 34 heavy (non-hydrogen) atoms. The van der Waals surface area contributed by atoms with E-state index in [1.54, 1.807) is 25.3 Å². The number of benzene rings is 3. The number of aromatic nitrogens is 1. The number of carbonyl (C=O) groups excluding carboxylic acids is 2. The number of hydrogen-bond donors (Lipinski definition) is 2. The van der Waals surface area contributed by atoms with Gasteiger partial charge in [-0.2, -0.15) is 0 Å². The van der Waals surface area contributed by atoms with Gasteiger partial charge in [0.15, 0.2) is 11.5 Å². The van der Waals surface area contributed by atoms with Crippen LogP contribution in [0.4, 0.5) is 0 Å². The molecular weight excluding hydrogens is 430 g/mol. The van der Waals surface area contributed by atoms with Gasteiger partial charge in [-0.25, -0.2) is 0 Å². The van der Waals surface area contributed by atoms with Gasteiger partial charge in [0.05, 0.1) is 7.11 Å². The fourth-order valence-electron chi connectivity index (χ4n) is 3.47. The summed E-state index contributed by atoms with van der Waals surface area (Å²) in [5.41, 5.74) is 2.76. The third-order valence-corrected chi connectivity index (χ3v) is 5.33. The Morgan fingerprint density at radius 1 is 0.912 bits per heavy atom. The molecule has 0 saturated heterocycles. The monoisotopic (exact) mass is 455 g/mol. The first kappa shape index (κ1) is 22.8. The van der Waals surface area contributed by atoms with Crippen molar-refractivity contribution in [3.63, 3.8) is 0 Å². The number of nitrogens with one attached hydrogen (secondary N) is 2. The predicted molar refractivity (Wildman–Crippen MR) is 128 cm³/mol. The molecule has 0 spiro atoms. The number of amides is 2. The van der Waals surface area contributed by atoms with E-state index in [2.05, 4.69) is 15.8 Å². The quantitative estimate of drug-likeness (QED) is 0.398. The predicted octanol–water partition coefficient (Wildman–Crippen LogP) is 4.01. The standard InChI is InChI=1S/C27H25N3O4/c1-33-22-14-12-21(13-15-22)25-17-24(30-34-25)27(32)29-23(16-19-8-4-2-5-9-19)26(31)28-18-20-10-6-3-7-11-20/h2-15,17,23H,16,18H2,1H3,(H,28,31)(H,29,32)/t23-/m1/s1. The SMILES string of the molecule is COc1ccc(-c2cc(C(=O)N[C@H](Cc3ccccc3)C(=O)NCc3ccccc3)no2)cc1. The van der Waals surface area contributed by atoms with Gasteiger partial charge in [0.2, 0.25) is 5.91 Å². The Balaban J connectivity index is 1.46. The molecule has 2 N–H and O–H groups in total. The number of hydrogen-bond acceptors (Lipinski definition) is 5. The van der Waals surface area contributed by atoms with Crippen LogP contribution in [0.2, 0.25) is 0 Å². The zero-order chi connectivity index (χ0) is 23.8. The van der Waals surface area contributed by atoms with E-state index in [9.17, 15) is 9.59 Å². The lowest BCUT2D eigenvalue weighted by molar-refractivity contribution is -0.123. The second-order valence-corrected chi connectivity index (χ2v) is 7.72. The molecule has 2 amide bonds. The van der Waals surface area contributed by atoms with Crippen LogP contribution in [0.25, 0.3) is 11.3 Å². The second-order valence-electron chi connectivity index (χ2n) is 7.72. The van der Waals surface area contributed by atoms with Crippen LogP contribution in [0, 0.1) is 0 Å². The Morgan fingerprint density at radius 2 is 1.56 bits per heavy atom. The van der Waals surface area contributed by atoms with Gasteiger partial charge >= 0.3 is 0 Å².